The molecule has 0 bridgehead atoms. The van der Waals surface area contributed by atoms with Gasteiger partial charge >= 0.3 is 0 Å². The summed E-state index contributed by atoms with van der Waals surface area (Å²) < 4.78 is 5.71. The van der Waals surface area contributed by atoms with Crippen LogP contribution >= 0.6 is 0 Å². The molecule has 0 unspecified atom stereocenters. The van der Waals surface area contributed by atoms with Gasteiger partial charge in [0.05, 0.1) is 6.61 Å². The highest BCUT2D eigenvalue weighted by atomic mass is 16.5. The molecule has 0 heterocycles. The predicted octanol–water partition coefficient (Wildman–Crippen LogP) is 6.52. The number of hydrogen-bond donors (Lipinski definition) is 0. The summed E-state index contributed by atoms with van der Waals surface area (Å²) in [7, 11) is 0. The van der Waals surface area contributed by atoms with Crippen LogP contribution in [0, 0.1) is 12.3 Å². The zero-order valence-electron chi connectivity index (χ0n) is 14.8. The van der Waals surface area contributed by atoms with Gasteiger partial charge in [0.15, 0.2) is 0 Å². The van der Waals surface area contributed by atoms with E-state index >= 15 is 0 Å². The molecule has 1 nitrogen and oxygen atoms in total. The van der Waals surface area contributed by atoms with Crippen LogP contribution in [0.3, 0.4) is 0 Å². The topological polar surface area (TPSA) is 9.23 Å². The molecule has 0 saturated heterocycles. The number of benzene rings is 1. The van der Waals surface area contributed by atoms with E-state index in [0.29, 0.717) is 0 Å². The lowest BCUT2D eigenvalue weighted by molar-refractivity contribution is 0.116. The van der Waals surface area contributed by atoms with Gasteiger partial charge in [-0.25, -0.2) is 0 Å². The van der Waals surface area contributed by atoms with Crippen molar-refractivity contribution in [1.82, 2.24) is 0 Å². The van der Waals surface area contributed by atoms with E-state index < -0.39 is 0 Å². The maximum Gasteiger partial charge on any atom is 0.0716 e. The summed E-state index contributed by atoms with van der Waals surface area (Å²) >= 11 is 0. The molecule has 0 amide bonds. The number of hydrogen-bond acceptors (Lipinski definition) is 1. The van der Waals surface area contributed by atoms with Crippen LogP contribution in [0.5, 0.6) is 0 Å². The molecule has 0 fully saturated rings. The zero-order valence-corrected chi connectivity index (χ0v) is 14.8. The van der Waals surface area contributed by atoms with Crippen molar-refractivity contribution in [3.8, 4) is 12.3 Å². The molecule has 1 heteroatoms. The van der Waals surface area contributed by atoms with Gasteiger partial charge in [0.25, 0.3) is 0 Å². The summed E-state index contributed by atoms with van der Waals surface area (Å²) in [5, 5.41) is 0. The van der Waals surface area contributed by atoms with Crippen molar-refractivity contribution in [2.24, 2.45) is 0 Å². The molecular formula is C22H34O. The fraction of sp³-hybridized carbons (Fsp3) is 0.636. The highest BCUT2D eigenvalue weighted by Crippen LogP contribution is 2.12. The molecule has 0 saturated carbocycles. The Labute approximate surface area is 143 Å². The van der Waals surface area contributed by atoms with E-state index in [2.05, 4.69) is 30.2 Å². The molecule has 0 spiro atoms. The smallest absolute Gasteiger partial charge is 0.0716 e. The molecular weight excluding hydrogens is 280 g/mol. The van der Waals surface area contributed by atoms with Crippen molar-refractivity contribution < 1.29 is 4.74 Å². The van der Waals surface area contributed by atoms with Gasteiger partial charge in [0.1, 0.15) is 0 Å². The quantitative estimate of drug-likeness (QED) is 0.264. The van der Waals surface area contributed by atoms with E-state index in [1.54, 1.807) is 0 Å². The molecule has 1 aromatic carbocycles. The van der Waals surface area contributed by atoms with Crippen LogP contribution in [0.4, 0.5) is 0 Å². The van der Waals surface area contributed by atoms with Gasteiger partial charge in [-0.2, -0.15) is 0 Å². The lowest BCUT2D eigenvalue weighted by Crippen LogP contribution is -1.95. The van der Waals surface area contributed by atoms with Crippen LogP contribution in [0.1, 0.15) is 82.6 Å². The summed E-state index contributed by atoms with van der Waals surface area (Å²) in [6.45, 7) is 1.65. The third-order valence-corrected chi connectivity index (χ3v) is 4.22. The van der Waals surface area contributed by atoms with Gasteiger partial charge in [-0.05, 0) is 18.4 Å². The minimum absolute atomic E-state index is 0.752. The molecule has 0 aromatic heterocycles. The van der Waals surface area contributed by atoms with Crippen LogP contribution in [-0.4, -0.2) is 6.61 Å². The van der Waals surface area contributed by atoms with E-state index in [1.807, 2.05) is 6.07 Å². The first kappa shape index (κ1) is 19.8. The van der Waals surface area contributed by atoms with Crippen molar-refractivity contribution in [2.45, 2.75) is 83.7 Å². The summed E-state index contributed by atoms with van der Waals surface area (Å²) in [6, 6.07) is 10.4. The molecule has 0 aliphatic carbocycles. The van der Waals surface area contributed by atoms with Crippen molar-refractivity contribution >= 4 is 0 Å². The van der Waals surface area contributed by atoms with Crippen LogP contribution in [-0.2, 0) is 11.3 Å². The third kappa shape index (κ3) is 12.9. The summed E-state index contributed by atoms with van der Waals surface area (Å²) in [4.78, 5) is 0. The maximum absolute atomic E-state index is 5.71. The summed E-state index contributed by atoms with van der Waals surface area (Å²) in [6.07, 6.45) is 20.9. The molecule has 128 valence electrons. The Morgan fingerprint density at radius 1 is 0.696 bits per heavy atom. The lowest BCUT2D eigenvalue weighted by Gasteiger charge is -2.05. The minimum Gasteiger partial charge on any atom is -0.377 e. The first-order chi connectivity index (χ1) is 11.4. The number of terminal acetylenes is 1. The van der Waals surface area contributed by atoms with E-state index in [-0.39, 0.29) is 0 Å². The Bertz CT molecular complexity index is 390. The second-order valence-corrected chi connectivity index (χ2v) is 6.38. The molecule has 1 aromatic rings. The minimum atomic E-state index is 0.752. The van der Waals surface area contributed by atoms with Crippen LogP contribution in [0.15, 0.2) is 30.3 Å². The van der Waals surface area contributed by atoms with Gasteiger partial charge in [0.2, 0.25) is 0 Å². The zero-order chi connectivity index (χ0) is 16.4. The highest BCUT2D eigenvalue weighted by Gasteiger charge is 1.95. The number of ether oxygens (including phenoxy) is 1. The second kappa shape index (κ2) is 15.6. The number of unbranched alkanes of at least 4 members (excludes halogenated alkanes) is 11. The molecule has 0 aliphatic rings. The van der Waals surface area contributed by atoms with Gasteiger partial charge in [-0.3, -0.25) is 0 Å². The fourth-order valence-electron chi connectivity index (χ4n) is 2.79. The average Bonchev–Trinajstić information content (AvgIpc) is 2.59. The number of rotatable bonds is 15. The molecule has 0 N–H and O–H groups in total. The average molecular weight is 315 g/mol. The van der Waals surface area contributed by atoms with E-state index in [9.17, 15) is 0 Å². The standard InChI is InChI=1S/C22H34O/c1-2-3-4-5-6-7-8-9-10-11-12-13-17-20-23-21-22-18-15-14-16-19-22/h1,14-16,18-19H,3-13,17,20-21H2. The predicted molar refractivity (Wildman–Crippen MR) is 100 cm³/mol. The van der Waals surface area contributed by atoms with Crippen LogP contribution < -0.4 is 0 Å². The van der Waals surface area contributed by atoms with E-state index in [1.165, 1.54) is 76.2 Å². The van der Waals surface area contributed by atoms with Gasteiger partial charge in [-0.1, -0.05) is 88.1 Å². The normalized spacial score (nSPS) is 10.6. The van der Waals surface area contributed by atoms with Crippen LogP contribution in [0.25, 0.3) is 0 Å². The second-order valence-electron chi connectivity index (χ2n) is 6.38. The Balaban J connectivity index is 1.73. The van der Waals surface area contributed by atoms with Crippen molar-refractivity contribution in [3.63, 3.8) is 0 Å². The largest absolute Gasteiger partial charge is 0.377 e. The lowest BCUT2D eigenvalue weighted by atomic mass is 10.1. The Morgan fingerprint density at radius 2 is 1.22 bits per heavy atom. The Hall–Kier alpha value is -1.26. The monoisotopic (exact) mass is 314 g/mol. The van der Waals surface area contributed by atoms with E-state index in [4.69, 9.17) is 11.2 Å². The van der Waals surface area contributed by atoms with Crippen LogP contribution in [0.2, 0.25) is 0 Å². The third-order valence-electron chi connectivity index (χ3n) is 4.22. The molecule has 0 radical (unpaired) electrons. The van der Waals surface area contributed by atoms with Gasteiger partial charge in [0, 0.05) is 13.0 Å². The summed E-state index contributed by atoms with van der Waals surface area (Å²) in [5.74, 6) is 2.71. The van der Waals surface area contributed by atoms with Gasteiger partial charge in [-0.15, -0.1) is 12.3 Å². The molecule has 0 aliphatic heterocycles. The van der Waals surface area contributed by atoms with E-state index in [0.717, 1.165) is 19.6 Å². The molecule has 23 heavy (non-hydrogen) atoms. The van der Waals surface area contributed by atoms with Crippen molar-refractivity contribution in [2.75, 3.05) is 6.61 Å². The molecule has 1 rings (SSSR count). The first-order valence-electron chi connectivity index (χ1n) is 9.48. The van der Waals surface area contributed by atoms with Gasteiger partial charge < -0.3 is 4.74 Å². The highest BCUT2D eigenvalue weighted by molar-refractivity contribution is 5.13. The molecule has 0 atom stereocenters. The Morgan fingerprint density at radius 3 is 1.78 bits per heavy atom. The first-order valence-corrected chi connectivity index (χ1v) is 9.48. The van der Waals surface area contributed by atoms with Crippen molar-refractivity contribution in [1.29, 1.82) is 0 Å². The SMILES string of the molecule is C#CCCCCCCCCCCCCCOCc1ccccc1. The fourth-order valence-corrected chi connectivity index (χ4v) is 2.79. The maximum atomic E-state index is 5.71. The Kier molecular flexibility index (Phi) is 13.4. The van der Waals surface area contributed by atoms with Crippen molar-refractivity contribution in [3.05, 3.63) is 35.9 Å². The summed E-state index contributed by atoms with van der Waals surface area (Å²) in [5.41, 5.74) is 1.27.